The Bertz CT molecular complexity index is 764. The Hall–Kier alpha value is -3.06. The van der Waals surface area contributed by atoms with Crippen molar-refractivity contribution in [1.82, 2.24) is 10.6 Å². The maximum Gasteiger partial charge on any atom is 0.325 e. The molecular weight excluding hydrogens is 348 g/mol. The zero-order valence-corrected chi connectivity index (χ0v) is 15.4. The number of benzene rings is 2. The van der Waals surface area contributed by atoms with Gasteiger partial charge in [0.05, 0.1) is 7.11 Å². The number of carboxylic acid groups (broad SMARTS) is 1. The van der Waals surface area contributed by atoms with Crippen LogP contribution in [-0.4, -0.2) is 37.2 Å². The van der Waals surface area contributed by atoms with Crippen molar-refractivity contribution in [3.8, 4) is 11.5 Å². The normalized spacial score (nSPS) is 11.5. The van der Waals surface area contributed by atoms with E-state index in [1.54, 1.807) is 42.5 Å². The molecular formula is C20H24N2O5. The molecule has 0 unspecified atom stereocenters. The van der Waals surface area contributed by atoms with Crippen LogP contribution in [0, 0.1) is 0 Å². The standard InChI is InChI=1S/C20H24N2O5/c1-3-21-18(23)13-27-16-10-9-14(11-17(16)26-2)12-22-19(20(24)25)15-7-5-4-6-8-15/h4-11,19,22H,3,12-13H2,1-2H3,(H,21,23)(H,24,25)/t19-/m1/s1. The molecule has 0 saturated heterocycles. The average molecular weight is 372 g/mol. The number of carbonyl (C=O) groups excluding carboxylic acids is 1. The van der Waals surface area contributed by atoms with Crippen LogP contribution in [0.4, 0.5) is 0 Å². The summed E-state index contributed by atoms with van der Waals surface area (Å²) >= 11 is 0. The number of carboxylic acids is 1. The fraction of sp³-hybridized carbons (Fsp3) is 0.300. The highest BCUT2D eigenvalue weighted by molar-refractivity contribution is 5.77. The Kier molecular flexibility index (Phi) is 7.63. The lowest BCUT2D eigenvalue weighted by Gasteiger charge is -2.16. The maximum atomic E-state index is 11.6. The maximum absolute atomic E-state index is 11.6. The minimum atomic E-state index is -0.949. The molecule has 0 bridgehead atoms. The number of carbonyl (C=O) groups is 2. The molecule has 7 nitrogen and oxygen atoms in total. The number of hydrogen-bond acceptors (Lipinski definition) is 5. The van der Waals surface area contributed by atoms with Crippen molar-refractivity contribution in [2.24, 2.45) is 0 Å². The van der Waals surface area contributed by atoms with Crippen molar-refractivity contribution in [3.05, 3.63) is 59.7 Å². The van der Waals surface area contributed by atoms with Crippen LogP contribution < -0.4 is 20.1 Å². The largest absolute Gasteiger partial charge is 0.493 e. The van der Waals surface area contributed by atoms with E-state index in [0.717, 1.165) is 5.56 Å². The van der Waals surface area contributed by atoms with E-state index in [4.69, 9.17) is 9.47 Å². The van der Waals surface area contributed by atoms with Gasteiger partial charge in [0, 0.05) is 13.1 Å². The van der Waals surface area contributed by atoms with Gasteiger partial charge in [0.1, 0.15) is 6.04 Å². The third kappa shape index (κ3) is 6.00. The molecule has 0 saturated carbocycles. The summed E-state index contributed by atoms with van der Waals surface area (Å²) < 4.78 is 10.8. The van der Waals surface area contributed by atoms with Gasteiger partial charge < -0.3 is 19.9 Å². The summed E-state index contributed by atoms with van der Waals surface area (Å²) in [5.74, 6) is -0.233. The minimum Gasteiger partial charge on any atom is -0.493 e. The highest BCUT2D eigenvalue weighted by Crippen LogP contribution is 2.28. The van der Waals surface area contributed by atoms with Crippen LogP contribution in [0.25, 0.3) is 0 Å². The van der Waals surface area contributed by atoms with Crippen LogP contribution in [0.1, 0.15) is 24.1 Å². The van der Waals surface area contributed by atoms with E-state index < -0.39 is 12.0 Å². The summed E-state index contributed by atoms with van der Waals surface area (Å²) in [4.78, 5) is 23.1. The summed E-state index contributed by atoms with van der Waals surface area (Å²) in [6.07, 6.45) is 0. The van der Waals surface area contributed by atoms with Gasteiger partial charge >= 0.3 is 5.97 Å². The van der Waals surface area contributed by atoms with Crippen LogP contribution in [0.5, 0.6) is 11.5 Å². The van der Waals surface area contributed by atoms with Crippen molar-refractivity contribution in [3.63, 3.8) is 0 Å². The molecule has 0 aliphatic heterocycles. The summed E-state index contributed by atoms with van der Waals surface area (Å²) in [7, 11) is 1.51. The highest BCUT2D eigenvalue weighted by atomic mass is 16.5. The minimum absolute atomic E-state index is 0.100. The molecule has 0 aliphatic carbocycles. The van der Waals surface area contributed by atoms with Crippen molar-refractivity contribution in [2.75, 3.05) is 20.3 Å². The van der Waals surface area contributed by atoms with Gasteiger partial charge in [0.2, 0.25) is 0 Å². The molecule has 2 aromatic rings. The molecule has 144 valence electrons. The number of methoxy groups -OCH3 is 1. The molecule has 0 spiro atoms. The average Bonchev–Trinajstić information content (AvgIpc) is 2.67. The number of ether oxygens (including phenoxy) is 2. The molecule has 1 atom stereocenters. The molecule has 3 N–H and O–H groups in total. The monoisotopic (exact) mass is 372 g/mol. The summed E-state index contributed by atoms with van der Waals surface area (Å²) in [6, 6.07) is 13.4. The predicted molar refractivity (Wildman–Crippen MR) is 101 cm³/mol. The lowest BCUT2D eigenvalue weighted by atomic mass is 10.1. The molecule has 0 fully saturated rings. The first-order chi connectivity index (χ1) is 13.0. The first kappa shape index (κ1) is 20.3. The summed E-state index contributed by atoms with van der Waals surface area (Å²) in [5, 5.41) is 15.2. The van der Waals surface area contributed by atoms with Crippen molar-refractivity contribution >= 4 is 11.9 Å². The first-order valence-corrected chi connectivity index (χ1v) is 8.62. The van der Waals surface area contributed by atoms with E-state index in [-0.39, 0.29) is 12.5 Å². The lowest BCUT2D eigenvalue weighted by Crippen LogP contribution is -2.28. The summed E-state index contributed by atoms with van der Waals surface area (Å²) in [5.41, 5.74) is 1.51. The fourth-order valence-corrected chi connectivity index (χ4v) is 2.55. The van der Waals surface area contributed by atoms with E-state index in [0.29, 0.717) is 30.2 Å². The number of likely N-dealkylation sites (N-methyl/N-ethyl adjacent to an activating group) is 1. The van der Waals surface area contributed by atoms with Crippen molar-refractivity contribution in [2.45, 2.75) is 19.5 Å². The number of hydrogen-bond donors (Lipinski definition) is 3. The SMILES string of the molecule is CCNC(=O)COc1ccc(CN[C@@H](C(=O)O)c2ccccc2)cc1OC. The van der Waals surface area contributed by atoms with Gasteiger partial charge in [0.25, 0.3) is 5.91 Å². The second-order valence-electron chi connectivity index (χ2n) is 5.79. The molecule has 7 heteroatoms. The Labute approximate surface area is 158 Å². The smallest absolute Gasteiger partial charge is 0.325 e. The lowest BCUT2D eigenvalue weighted by molar-refractivity contribution is -0.139. The molecule has 2 rings (SSSR count). The number of aliphatic carboxylic acids is 1. The van der Waals surface area contributed by atoms with Crippen LogP contribution >= 0.6 is 0 Å². The van der Waals surface area contributed by atoms with Gasteiger partial charge in [-0.3, -0.25) is 14.9 Å². The number of amides is 1. The fourth-order valence-electron chi connectivity index (χ4n) is 2.55. The Balaban J connectivity index is 2.04. The summed E-state index contributed by atoms with van der Waals surface area (Å²) in [6.45, 7) is 2.60. The van der Waals surface area contributed by atoms with Crippen molar-refractivity contribution in [1.29, 1.82) is 0 Å². The van der Waals surface area contributed by atoms with Gasteiger partial charge in [-0.05, 0) is 30.2 Å². The van der Waals surface area contributed by atoms with Gasteiger partial charge in [-0.2, -0.15) is 0 Å². The van der Waals surface area contributed by atoms with Crippen LogP contribution in [0.3, 0.4) is 0 Å². The second kappa shape index (κ2) is 10.2. The van der Waals surface area contributed by atoms with Gasteiger partial charge in [0.15, 0.2) is 18.1 Å². The van der Waals surface area contributed by atoms with Crippen LogP contribution in [0.2, 0.25) is 0 Å². The van der Waals surface area contributed by atoms with E-state index >= 15 is 0 Å². The Morgan fingerprint density at radius 1 is 1.11 bits per heavy atom. The highest BCUT2D eigenvalue weighted by Gasteiger charge is 2.19. The molecule has 0 heterocycles. The molecule has 0 radical (unpaired) electrons. The zero-order valence-electron chi connectivity index (χ0n) is 15.4. The quantitative estimate of drug-likeness (QED) is 0.591. The predicted octanol–water partition coefficient (Wildman–Crippen LogP) is 2.13. The topological polar surface area (TPSA) is 96.9 Å². The Morgan fingerprint density at radius 2 is 1.85 bits per heavy atom. The van der Waals surface area contributed by atoms with Crippen molar-refractivity contribution < 1.29 is 24.2 Å². The molecule has 2 aromatic carbocycles. The molecule has 0 aliphatic rings. The first-order valence-electron chi connectivity index (χ1n) is 8.62. The number of rotatable bonds is 10. The number of nitrogens with one attached hydrogen (secondary N) is 2. The zero-order chi connectivity index (χ0) is 19.6. The van der Waals surface area contributed by atoms with Gasteiger partial charge in [-0.1, -0.05) is 36.4 Å². The van der Waals surface area contributed by atoms with Gasteiger partial charge in [-0.25, -0.2) is 0 Å². The molecule has 0 aromatic heterocycles. The molecule has 1 amide bonds. The Morgan fingerprint density at radius 3 is 2.48 bits per heavy atom. The third-order valence-electron chi connectivity index (χ3n) is 3.85. The third-order valence-corrected chi connectivity index (χ3v) is 3.85. The van der Waals surface area contributed by atoms with Crippen LogP contribution in [-0.2, 0) is 16.1 Å². The van der Waals surface area contributed by atoms with E-state index in [2.05, 4.69) is 10.6 Å². The van der Waals surface area contributed by atoms with Crippen LogP contribution in [0.15, 0.2) is 48.5 Å². The van der Waals surface area contributed by atoms with Gasteiger partial charge in [-0.15, -0.1) is 0 Å². The van der Waals surface area contributed by atoms with E-state index in [9.17, 15) is 14.7 Å². The van der Waals surface area contributed by atoms with E-state index in [1.165, 1.54) is 7.11 Å². The second-order valence-corrected chi connectivity index (χ2v) is 5.79. The molecule has 27 heavy (non-hydrogen) atoms. The van der Waals surface area contributed by atoms with E-state index in [1.807, 2.05) is 13.0 Å².